The molecule has 1 N–H and O–H groups in total. The Morgan fingerprint density at radius 3 is 2.88 bits per heavy atom. The zero-order valence-corrected chi connectivity index (χ0v) is 14.6. The largest absolute Gasteiger partial charge is 0.334 e. The number of nitrogens with one attached hydrogen (secondary N) is 1. The van der Waals surface area contributed by atoms with Crippen LogP contribution in [-0.2, 0) is 27.8 Å². The summed E-state index contributed by atoms with van der Waals surface area (Å²) in [6.07, 6.45) is 3.91. The maximum atomic E-state index is 12.6. The van der Waals surface area contributed by atoms with Crippen LogP contribution >= 0.6 is 0 Å². The van der Waals surface area contributed by atoms with Gasteiger partial charge in [0.25, 0.3) is 10.0 Å². The Bertz CT molecular complexity index is 871. The Kier molecular flexibility index (Phi) is 4.45. The number of carbonyl (C=O) groups is 1. The van der Waals surface area contributed by atoms with E-state index in [1.807, 2.05) is 24.6 Å². The van der Waals surface area contributed by atoms with E-state index in [1.54, 1.807) is 18.2 Å². The van der Waals surface area contributed by atoms with Crippen LogP contribution in [0.15, 0.2) is 35.4 Å². The van der Waals surface area contributed by atoms with E-state index < -0.39 is 21.8 Å². The maximum Gasteiger partial charge on any atom is 0.264 e. The van der Waals surface area contributed by atoms with Crippen LogP contribution in [-0.4, -0.2) is 23.9 Å². The second kappa shape index (κ2) is 6.39. The molecule has 128 valence electrons. The average molecular weight is 347 g/mol. The zero-order valence-electron chi connectivity index (χ0n) is 13.8. The van der Waals surface area contributed by atoms with Gasteiger partial charge < -0.3 is 4.57 Å². The molecule has 1 unspecified atom stereocenters. The fourth-order valence-electron chi connectivity index (χ4n) is 3.18. The van der Waals surface area contributed by atoms with Gasteiger partial charge in [0.05, 0.1) is 16.5 Å². The van der Waals surface area contributed by atoms with E-state index in [0.717, 1.165) is 18.7 Å². The van der Waals surface area contributed by atoms with Gasteiger partial charge in [-0.1, -0.05) is 25.1 Å². The molecule has 2 heterocycles. The number of imidazole rings is 1. The molecule has 1 amide bonds. The molecule has 24 heavy (non-hydrogen) atoms. The first-order valence-corrected chi connectivity index (χ1v) is 9.59. The molecule has 0 aliphatic carbocycles. The van der Waals surface area contributed by atoms with Crippen LogP contribution in [0.4, 0.5) is 0 Å². The van der Waals surface area contributed by atoms with Crippen molar-refractivity contribution in [2.24, 2.45) is 0 Å². The number of hydrogen-bond donors (Lipinski definition) is 1. The molecule has 1 aliphatic heterocycles. The lowest BCUT2D eigenvalue weighted by Gasteiger charge is -2.22. The summed E-state index contributed by atoms with van der Waals surface area (Å²) >= 11 is 0. The Balaban J connectivity index is 1.87. The molecule has 6 nitrogen and oxygen atoms in total. The van der Waals surface area contributed by atoms with Gasteiger partial charge in [-0.15, -0.1) is 0 Å². The third kappa shape index (κ3) is 3.08. The monoisotopic (exact) mass is 347 g/mol. The molecule has 0 saturated heterocycles. The van der Waals surface area contributed by atoms with E-state index in [-0.39, 0.29) is 4.90 Å². The molecule has 0 saturated carbocycles. The Hall–Kier alpha value is -2.15. The van der Waals surface area contributed by atoms with E-state index in [9.17, 15) is 13.2 Å². The lowest BCUT2D eigenvalue weighted by Crippen LogP contribution is -2.37. The summed E-state index contributed by atoms with van der Waals surface area (Å²) in [7, 11) is -3.88. The summed E-state index contributed by atoms with van der Waals surface area (Å²) in [5, 5.41) is 0. The first-order chi connectivity index (χ1) is 11.4. The zero-order chi connectivity index (χ0) is 17.3. The second-order valence-corrected chi connectivity index (χ2v) is 7.71. The second-order valence-electron chi connectivity index (χ2n) is 6.06. The molecular weight excluding hydrogens is 326 g/mol. The Morgan fingerprint density at radius 1 is 1.38 bits per heavy atom. The van der Waals surface area contributed by atoms with Crippen molar-refractivity contribution < 1.29 is 13.2 Å². The number of fused-ring (bicyclic) bond motifs is 1. The summed E-state index contributed by atoms with van der Waals surface area (Å²) in [5.74, 6) is -0.390. The number of rotatable bonds is 4. The first-order valence-electron chi connectivity index (χ1n) is 8.10. The van der Waals surface area contributed by atoms with Crippen LogP contribution < -0.4 is 4.72 Å². The minimum absolute atomic E-state index is 0.163. The number of amides is 1. The molecule has 1 atom stereocenters. The van der Waals surface area contributed by atoms with Gasteiger partial charge in [0, 0.05) is 12.7 Å². The van der Waals surface area contributed by atoms with Crippen LogP contribution in [0.25, 0.3) is 0 Å². The average Bonchev–Trinajstić information content (AvgIpc) is 2.94. The van der Waals surface area contributed by atoms with Crippen LogP contribution in [0.2, 0.25) is 0 Å². The van der Waals surface area contributed by atoms with Crippen LogP contribution in [0, 0.1) is 6.92 Å². The summed E-state index contributed by atoms with van der Waals surface area (Å²) in [6, 6.07) is 6.74. The van der Waals surface area contributed by atoms with Crippen LogP contribution in [0.5, 0.6) is 0 Å². The molecule has 0 spiro atoms. The smallest absolute Gasteiger partial charge is 0.264 e. The molecule has 0 fully saturated rings. The number of aromatic nitrogens is 2. The Labute approximate surface area is 142 Å². The predicted octanol–water partition coefficient (Wildman–Crippen LogP) is 2.14. The molecule has 0 radical (unpaired) electrons. The lowest BCUT2D eigenvalue weighted by molar-refractivity contribution is -0.121. The molecule has 2 aromatic rings. The van der Waals surface area contributed by atoms with Gasteiger partial charge in [-0.3, -0.25) is 4.79 Å². The van der Waals surface area contributed by atoms with Gasteiger partial charge in [0.15, 0.2) is 0 Å². The highest BCUT2D eigenvalue weighted by molar-refractivity contribution is 7.90. The van der Waals surface area contributed by atoms with E-state index in [0.29, 0.717) is 24.2 Å². The van der Waals surface area contributed by atoms with E-state index in [2.05, 4.69) is 9.71 Å². The fourth-order valence-corrected chi connectivity index (χ4v) is 4.51. The molecule has 7 heteroatoms. The quantitative estimate of drug-likeness (QED) is 0.919. The summed E-state index contributed by atoms with van der Waals surface area (Å²) in [4.78, 5) is 17.2. The number of carbonyl (C=O) groups excluding carboxylic acids is 1. The standard InChI is InChI=1S/C17H21N3O3S/c1-3-13-7-4-5-9-15(13)24(22,23)19-17(21)14-8-6-10-20-11-12(2)18-16(14)20/h4-5,7,9,11,14H,3,6,8,10H2,1-2H3,(H,19,21). The van der Waals surface area contributed by atoms with E-state index in [1.165, 1.54) is 6.07 Å². The highest BCUT2D eigenvalue weighted by Crippen LogP contribution is 2.27. The summed E-state index contributed by atoms with van der Waals surface area (Å²) in [5.41, 5.74) is 1.53. The number of nitrogens with zero attached hydrogens (tertiary/aromatic N) is 2. The third-order valence-corrected chi connectivity index (χ3v) is 5.77. The third-order valence-electron chi connectivity index (χ3n) is 4.33. The topological polar surface area (TPSA) is 81.1 Å². The Morgan fingerprint density at radius 2 is 2.12 bits per heavy atom. The highest BCUT2D eigenvalue weighted by Gasteiger charge is 2.32. The van der Waals surface area contributed by atoms with Crippen molar-refractivity contribution >= 4 is 15.9 Å². The number of aryl methyl sites for hydroxylation is 3. The highest BCUT2D eigenvalue weighted by atomic mass is 32.2. The van der Waals surface area contributed by atoms with Crippen LogP contribution in [0.1, 0.15) is 42.8 Å². The molecule has 1 aromatic carbocycles. The van der Waals surface area contributed by atoms with E-state index in [4.69, 9.17) is 0 Å². The lowest BCUT2D eigenvalue weighted by atomic mass is 9.98. The van der Waals surface area contributed by atoms with Crippen LogP contribution in [0.3, 0.4) is 0 Å². The number of benzene rings is 1. The molecular formula is C17H21N3O3S. The predicted molar refractivity (Wildman–Crippen MR) is 90.1 cm³/mol. The van der Waals surface area contributed by atoms with Crippen molar-refractivity contribution in [2.75, 3.05) is 0 Å². The van der Waals surface area contributed by atoms with Crippen molar-refractivity contribution in [2.45, 2.75) is 50.5 Å². The van der Waals surface area contributed by atoms with Crippen molar-refractivity contribution in [1.82, 2.24) is 14.3 Å². The van der Waals surface area contributed by atoms with Gasteiger partial charge in [-0.2, -0.15) is 0 Å². The molecule has 1 aliphatic rings. The maximum absolute atomic E-state index is 12.6. The summed E-state index contributed by atoms with van der Waals surface area (Å²) < 4.78 is 29.4. The minimum Gasteiger partial charge on any atom is -0.334 e. The van der Waals surface area contributed by atoms with Gasteiger partial charge in [-0.25, -0.2) is 18.1 Å². The fraction of sp³-hybridized carbons (Fsp3) is 0.412. The normalized spacial score (nSPS) is 17.3. The molecule has 0 bridgehead atoms. The van der Waals surface area contributed by atoms with Gasteiger partial charge in [-0.05, 0) is 37.8 Å². The van der Waals surface area contributed by atoms with E-state index >= 15 is 0 Å². The number of hydrogen-bond acceptors (Lipinski definition) is 4. The van der Waals surface area contributed by atoms with Crippen molar-refractivity contribution in [3.8, 4) is 0 Å². The van der Waals surface area contributed by atoms with Crippen molar-refractivity contribution in [3.05, 3.63) is 47.5 Å². The van der Waals surface area contributed by atoms with Gasteiger partial charge in [0.1, 0.15) is 5.82 Å². The van der Waals surface area contributed by atoms with Crippen molar-refractivity contribution in [1.29, 1.82) is 0 Å². The molecule has 3 rings (SSSR count). The van der Waals surface area contributed by atoms with Gasteiger partial charge >= 0.3 is 0 Å². The summed E-state index contributed by atoms with van der Waals surface area (Å²) in [6.45, 7) is 4.57. The number of sulfonamides is 1. The molecule has 1 aromatic heterocycles. The van der Waals surface area contributed by atoms with Gasteiger partial charge in [0.2, 0.25) is 5.91 Å². The first kappa shape index (κ1) is 16.7. The minimum atomic E-state index is -3.88. The SMILES string of the molecule is CCc1ccccc1S(=O)(=O)NC(=O)C1CCCn2cc(C)nc21. The van der Waals surface area contributed by atoms with Crippen molar-refractivity contribution in [3.63, 3.8) is 0 Å².